The molecule has 4 aliphatic carbocycles. The highest BCUT2D eigenvalue weighted by molar-refractivity contribution is 5.80. The van der Waals surface area contributed by atoms with Crippen LogP contribution in [0, 0.1) is 209 Å². The fourth-order valence-corrected chi connectivity index (χ4v) is 12.5. The second-order valence-electron chi connectivity index (χ2n) is 16.4. The summed E-state index contributed by atoms with van der Waals surface area (Å²) in [5.41, 5.74) is 2.11. The van der Waals surface area contributed by atoms with Crippen molar-refractivity contribution in [2.24, 2.45) is 11.8 Å². The van der Waals surface area contributed by atoms with Crippen LogP contribution in [0.4, 0.5) is 0 Å². The molecule has 0 amide bonds. The van der Waals surface area contributed by atoms with Gasteiger partial charge in [0.05, 0.1) is 44.5 Å². The lowest BCUT2D eigenvalue weighted by Crippen LogP contribution is -2.73. The first-order chi connectivity index (χ1) is 32.0. The molecule has 0 spiro atoms. The van der Waals surface area contributed by atoms with Gasteiger partial charge in [0.1, 0.15) is 0 Å². The summed E-state index contributed by atoms with van der Waals surface area (Å²) in [5, 5.41) is 0. The third-order valence-electron chi connectivity index (χ3n) is 14.2. The van der Waals surface area contributed by atoms with Gasteiger partial charge in [-0.1, -0.05) is 94.7 Å². The van der Waals surface area contributed by atoms with Crippen molar-refractivity contribution in [2.75, 3.05) is 0 Å². The predicted octanol–water partition coefficient (Wildman–Crippen LogP) is 7.77. The van der Waals surface area contributed by atoms with E-state index in [0.29, 0.717) is 70.2 Å². The maximum atomic E-state index is 6.72. The molecule has 4 bridgehead atoms. The summed E-state index contributed by atoms with van der Waals surface area (Å²) in [6.45, 7) is 0. The summed E-state index contributed by atoms with van der Waals surface area (Å²) in [6, 6.07) is 7.27. The highest BCUT2D eigenvalue weighted by atomic mass is 14.8. The zero-order chi connectivity index (χ0) is 47.9. The van der Waals surface area contributed by atoms with Crippen molar-refractivity contribution >= 4 is 0 Å². The largest absolute Gasteiger partial charge is 0.115 e. The number of hydrogen-bond acceptors (Lipinski definition) is 0. The minimum absolute atomic E-state index is 0.0365. The number of rotatable bonds is 4. The Hall–Kier alpha value is -10.2. The normalized spacial score (nSPS) is 19.5. The van der Waals surface area contributed by atoms with Gasteiger partial charge in [0.2, 0.25) is 0 Å². The molecule has 0 nitrogen and oxygen atoms in total. The number of hydrogen-bond donors (Lipinski definition) is 0. The van der Waals surface area contributed by atoms with Gasteiger partial charge >= 0.3 is 0 Å². The summed E-state index contributed by atoms with van der Waals surface area (Å²) < 4.78 is 0. The fraction of sp³-hybridized carbons (Fsp3) is 0.152. The van der Waals surface area contributed by atoms with Crippen LogP contribution in [0.5, 0.6) is 0 Å². The van der Waals surface area contributed by atoms with E-state index in [9.17, 15) is 0 Å². The van der Waals surface area contributed by atoms with E-state index < -0.39 is 16.2 Å². The Bertz CT molecular complexity index is 3440. The highest BCUT2D eigenvalue weighted by Crippen LogP contribution is 2.78. The number of benzene rings is 4. The zero-order valence-corrected chi connectivity index (χ0v) is 35.7. The van der Waals surface area contributed by atoms with Crippen LogP contribution in [0.25, 0.3) is 0 Å². The summed E-state index contributed by atoms with van der Waals surface area (Å²) in [5.74, 6) is 44.8. The fourth-order valence-electron chi connectivity index (χ4n) is 12.5. The average molecular weight is 825 g/mol. The standard InChI is InChI=1S/C66H32/c1-17-44-34-60(56(29-13)52(25-9)48(44)21-5)64-38-42-33-43(39-64)41-65(40-42,61-35-45(18-2)49(22-6)53(26-10)57(61)30-14)66(64,62-36-46(19-3)50(23-7)54(27-11)58(62)31-15)63-37-47(20-4)51(24-8)55(28-12)59(63)32-16/h1-16,34-37,42-43H,33,38-41H2. The van der Waals surface area contributed by atoms with Gasteiger partial charge in [-0.05, 0) is 90.5 Å². The van der Waals surface area contributed by atoms with E-state index in [1.54, 1.807) is 12.1 Å². The molecule has 0 aromatic heterocycles. The Morgan fingerprint density at radius 1 is 0.273 bits per heavy atom. The first-order valence-corrected chi connectivity index (χ1v) is 20.3. The van der Waals surface area contributed by atoms with Crippen molar-refractivity contribution in [3.05, 3.63) is 136 Å². The van der Waals surface area contributed by atoms with Crippen LogP contribution in [0.2, 0.25) is 0 Å². The van der Waals surface area contributed by atoms with E-state index in [0.717, 1.165) is 6.42 Å². The smallest absolute Gasteiger partial charge is 0.0571 e. The van der Waals surface area contributed by atoms with Crippen molar-refractivity contribution in [3.63, 3.8) is 0 Å². The Balaban J connectivity index is 2.02. The van der Waals surface area contributed by atoms with Gasteiger partial charge in [0, 0.05) is 60.8 Å². The SMILES string of the molecule is C#Cc1cc(C23CC4CC(C2)CC(c2cc(C#C)c(C#C)c(C#C)c2C#C)(C4)C3(c2cc(C#C)c(C#C)c(C#C)c2C#C)c2cc(C#C)c(C#C)c(C#C)c2C#C)c(C#C)c(C#C)c1C#C. The van der Waals surface area contributed by atoms with Gasteiger partial charge in [-0.15, -0.1) is 103 Å². The van der Waals surface area contributed by atoms with E-state index >= 15 is 0 Å². The molecule has 4 saturated carbocycles. The molecule has 4 aromatic carbocycles. The topological polar surface area (TPSA) is 0 Å². The van der Waals surface area contributed by atoms with E-state index in [1.165, 1.54) is 0 Å². The van der Waals surface area contributed by atoms with E-state index in [2.05, 4.69) is 94.7 Å². The van der Waals surface area contributed by atoms with Crippen molar-refractivity contribution in [3.8, 4) is 198 Å². The summed E-state index contributed by atoms with van der Waals surface area (Å²) in [6.07, 6.45) is 105. The third kappa shape index (κ3) is 5.34. The van der Waals surface area contributed by atoms with Crippen LogP contribution in [0.3, 0.4) is 0 Å². The Kier molecular flexibility index (Phi) is 10.8. The highest BCUT2D eigenvalue weighted by Gasteiger charge is 2.75. The van der Waals surface area contributed by atoms with Crippen molar-refractivity contribution in [1.29, 1.82) is 0 Å². The first-order valence-electron chi connectivity index (χ1n) is 20.3. The van der Waals surface area contributed by atoms with Crippen LogP contribution >= 0.6 is 0 Å². The molecular weight excluding hydrogens is 793 g/mol. The Morgan fingerprint density at radius 2 is 0.485 bits per heavy atom. The summed E-state index contributed by atoms with van der Waals surface area (Å²) >= 11 is 0. The lowest BCUT2D eigenvalue weighted by molar-refractivity contribution is -0.0908. The molecule has 0 heteroatoms. The maximum absolute atomic E-state index is 6.72. The molecule has 0 heterocycles. The van der Waals surface area contributed by atoms with Crippen LogP contribution in [-0.2, 0) is 16.2 Å². The summed E-state index contributed by atoms with van der Waals surface area (Å²) in [4.78, 5) is 0. The molecule has 0 saturated heterocycles. The van der Waals surface area contributed by atoms with Gasteiger partial charge in [0.25, 0.3) is 0 Å². The van der Waals surface area contributed by atoms with Crippen LogP contribution in [-0.4, -0.2) is 0 Å². The van der Waals surface area contributed by atoms with Gasteiger partial charge in [-0.2, -0.15) is 0 Å². The molecule has 296 valence electrons. The number of terminal acetylenes is 16. The molecule has 0 atom stereocenters. The van der Waals surface area contributed by atoms with Gasteiger partial charge in [-0.25, -0.2) is 0 Å². The predicted molar refractivity (Wildman–Crippen MR) is 267 cm³/mol. The van der Waals surface area contributed by atoms with E-state index in [4.69, 9.17) is 103 Å². The zero-order valence-electron chi connectivity index (χ0n) is 35.7. The third-order valence-corrected chi connectivity index (χ3v) is 14.2. The molecule has 4 fully saturated rings. The molecule has 66 heavy (non-hydrogen) atoms. The van der Waals surface area contributed by atoms with Crippen molar-refractivity contribution < 1.29 is 0 Å². The second kappa shape index (κ2) is 16.3. The minimum atomic E-state index is -1.63. The van der Waals surface area contributed by atoms with Gasteiger partial charge < -0.3 is 0 Å². The quantitative estimate of drug-likeness (QED) is 0.185. The molecule has 0 N–H and O–H groups in total. The Labute approximate surface area is 391 Å². The minimum Gasteiger partial charge on any atom is -0.115 e. The molecule has 0 aliphatic heterocycles. The maximum Gasteiger partial charge on any atom is 0.0571 e. The van der Waals surface area contributed by atoms with Crippen molar-refractivity contribution in [1.82, 2.24) is 0 Å². The summed E-state index contributed by atoms with van der Waals surface area (Å²) in [7, 11) is 0. The lowest BCUT2D eigenvalue weighted by Gasteiger charge is -2.74. The monoisotopic (exact) mass is 824 g/mol. The lowest BCUT2D eigenvalue weighted by atomic mass is 9.28. The molecule has 8 rings (SSSR count). The molecule has 4 aromatic rings. The Morgan fingerprint density at radius 3 is 0.697 bits per heavy atom. The van der Waals surface area contributed by atoms with Gasteiger partial charge in [-0.3, -0.25) is 0 Å². The van der Waals surface area contributed by atoms with E-state index in [-0.39, 0.29) is 78.6 Å². The molecular formula is C66H32. The van der Waals surface area contributed by atoms with Gasteiger partial charge in [0.15, 0.2) is 0 Å². The molecule has 4 aliphatic rings. The molecule has 0 unspecified atom stereocenters. The van der Waals surface area contributed by atoms with Crippen LogP contribution in [0.15, 0.2) is 24.3 Å². The van der Waals surface area contributed by atoms with Crippen LogP contribution in [0.1, 0.15) is 143 Å². The van der Waals surface area contributed by atoms with Crippen molar-refractivity contribution in [2.45, 2.75) is 48.3 Å². The molecule has 0 radical (unpaired) electrons. The average Bonchev–Trinajstić information content (AvgIpc) is 3.35. The van der Waals surface area contributed by atoms with Crippen LogP contribution < -0.4 is 0 Å². The first kappa shape index (κ1) is 43.9. The second-order valence-corrected chi connectivity index (χ2v) is 16.4. The van der Waals surface area contributed by atoms with E-state index in [1.807, 2.05) is 12.1 Å².